The first kappa shape index (κ1) is 14.1. The van der Waals surface area contributed by atoms with Gasteiger partial charge in [0.15, 0.2) is 0 Å². The van der Waals surface area contributed by atoms with Crippen LogP contribution in [0, 0.1) is 0 Å². The third-order valence-corrected chi connectivity index (χ3v) is 2.53. The molecule has 96 valence electrons. The van der Waals surface area contributed by atoms with Gasteiger partial charge >= 0.3 is 6.18 Å². The highest BCUT2D eigenvalue weighted by atomic mass is 35.5. The zero-order valence-electron chi connectivity index (χ0n) is 9.68. The Morgan fingerprint density at radius 2 is 1.94 bits per heavy atom. The fraction of sp³-hybridized carbons (Fsp3) is 0.545. The van der Waals surface area contributed by atoms with Crippen molar-refractivity contribution in [3.63, 3.8) is 0 Å². The Bertz CT molecular complexity index is 379. The summed E-state index contributed by atoms with van der Waals surface area (Å²) in [6, 6.07) is 2.14. The molecule has 0 aromatic carbocycles. The molecule has 17 heavy (non-hydrogen) atoms. The van der Waals surface area contributed by atoms with Crippen molar-refractivity contribution in [1.82, 2.24) is 4.98 Å². The summed E-state index contributed by atoms with van der Waals surface area (Å²) in [6.45, 7) is 4.68. The maximum atomic E-state index is 12.8. The molecule has 0 amide bonds. The van der Waals surface area contributed by atoms with Gasteiger partial charge in [0.1, 0.15) is 11.0 Å². The Hall–Kier alpha value is -0.970. The van der Waals surface area contributed by atoms with Crippen LogP contribution >= 0.6 is 11.6 Å². The molecule has 0 N–H and O–H groups in total. The van der Waals surface area contributed by atoms with E-state index in [0.29, 0.717) is 13.1 Å². The fourth-order valence-corrected chi connectivity index (χ4v) is 1.71. The van der Waals surface area contributed by atoms with Crippen molar-refractivity contribution < 1.29 is 13.2 Å². The zero-order chi connectivity index (χ0) is 13.1. The van der Waals surface area contributed by atoms with Crippen molar-refractivity contribution in [2.45, 2.75) is 26.4 Å². The number of hydrogen-bond acceptors (Lipinski definition) is 2. The number of hydrogen-bond donors (Lipinski definition) is 0. The smallest absolute Gasteiger partial charge is 0.356 e. The highest BCUT2D eigenvalue weighted by Crippen LogP contribution is 2.36. The quantitative estimate of drug-likeness (QED) is 0.766. The SMILES string of the molecule is CCCN(CC)c1nc(Cl)ccc1C(F)(F)F. The lowest BCUT2D eigenvalue weighted by atomic mass is 10.2. The predicted molar refractivity (Wildman–Crippen MR) is 62.4 cm³/mol. The third kappa shape index (κ3) is 3.49. The number of halogens is 4. The summed E-state index contributed by atoms with van der Waals surface area (Å²) in [4.78, 5) is 5.38. The standard InChI is InChI=1S/C11H14ClF3N2/c1-3-7-17(4-2)10-8(11(13,14)15)5-6-9(12)16-10/h5-6H,3-4,7H2,1-2H3. The fourth-order valence-electron chi connectivity index (χ4n) is 1.57. The first-order valence-corrected chi connectivity index (χ1v) is 5.76. The Balaban J connectivity index is 3.23. The van der Waals surface area contributed by atoms with Gasteiger partial charge in [0.2, 0.25) is 0 Å². The van der Waals surface area contributed by atoms with Crippen LogP contribution in [0.2, 0.25) is 5.15 Å². The van der Waals surface area contributed by atoms with Crippen LogP contribution < -0.4 is 4.90 Å². The highest BCUT2D eigenvalue weighted by molar-refractivity contribution is 6.29. The maximum Gasteiger partial charge on any atom is 0.419 e. The van der Waals surface area contributed by atoms with E-state index in [1.54, 1.807) is 11.8 Å². The summed E-state index contributed by atoms with van der Waals surface area (Å²) in [5, 5.41) is 0.0718. The molecule has 0 aliphatic rings. The van der Waals surface area contributed by atoms with Crippen LogP contribution in [0.1, 0.15) is 25.8 Å². The van der Waals surface area contributed by atoms with Crippen molar-refractivity contribution in [2.75, 3.05) is 18.0 Å². The molecular weight excluding hydrogens is 253 g/mol. The lowest BCUT2D eigenvalue weighted by molar-refractivity contribution is -0.137. The predicted octanol–water partition coefficient (Wildman–Crippen LogP) is 3.99. The monoisotopic (exact) mass is 266 g/mol. The molecular formula is C11H14ClF3N2. The van der Waals surface area contributed by atoms with Gasteiger partial charge in [-0.3, -0.25) is 0 Å². The van der Waals surface area contributed by atoms with Crippen molar-refractivity contribution in [3.05, 3.63) is 22.8 Å². The van der Waals surface area contributed by atoms with E-state index in [-0.39, 0.29) is 11.0 Å². The van der Waals surface area contributed by atoms with Gasteiger partial charge in [-0.15, -0.1) is 0 Å². The van der Waals surface area contributed by atoms with Crippen LogP contribution in [-0.4, -0.2) is 18.1 Å². The van der Waals surface area contributed by atoms with Gasteiger partial charge in [0.05, 0.1) is 5.56 Å². The first-order valence-electron chi connectivity index (χ1n) is 5.38. The molecule has 0 aliphatic heterocycles. The second-order valence-electron chi connectivity index (χ2n) is 3.58. The first-order chi connectivity index (χ1) is 7.90. The summed E-state index contributed by atoms with van der Waals surface area (Å²) in [7, 11) is 0. The van der Waals surface area contributed by atoms with Gasteiger partial charge in [0.25, 0.3) is 0 Å². The van der Waals surface area contributed by atoms with E-state index < -0.39 is 11.7 Å². The molecule has 0 atom stereocenters. The number of nitrogens with zero attached hydrogens (tertiary/aromatic N) is 2. The minimum Gasteiger partial charge on any atom is -0.356 e. The number of anilines is 1. The van der Waals surface area contributed by atoms with E-state index in [4.69, 9.17) is 11.6 Å². The summed E-state index contributed by atoms with van der Waals surface area (Å²) in [5.74, 6) is -0.0886. The molecule has 0 unspecified atom stereocenters. The Labute approximate surface area is 103 Å². The molecule has 0 saturated carbocycles. The van der Waals surface area contributed by atoms with E-state index >= 15 is 0 Å². The molecule has 6 heteroatoms. The van der Waals surface area contributed by atoms with Crippen LogP contribution in [-0.2, 0) is 6.18 Å². The van der Waals surface area contributed by atoms with Crippen molar-refractivity contribution >= 4 is 17.4 Å². The second-order valence-corrected chi connectivity index (χ2v) is 3.97. The topological polar surface area (TPSA) is 16.1 Å². The molecule has 0 bridgehead atoms. The van der Waals surface area contributed by atoms with Gasteiger partial charge < -0.3 is 4.90 Å². The second kappa shape index (κ2) is 5.58. The Kier molecular flexibility index (Phi) is 4.62. The Morgan fingerprint density at radius 1 is 1.29 bits per heavy atom. The maximum absolute atomic E-state index is 12.8. The van der Waals surface area contributed by atoms with Crippen LogP contribution in [0.15, 0.2) is 12.1 Å². The summed E-state index contributed by atoms with van der Waals surface area (Å²) < 4.78 is 38.4. The highest BCUT2D eigenvalue weighted by Gasteiger charge is 2.35. The van der Waals surface area contributed by atoms with Gasteiger partial charge in [-0.25, -0.2) is 4.98 Å². The molecule has 0 saturated heterocycles. The number of pyridine rings is 1. The van der Waals surface area contributed by atoms with E-state index in [1.807, 2.05) is 6.92 Å². The van der Waals surface area contributed by atoms with Crippen molar-refractivity contribution in [3.8, 4) is 0 Å². The molecule has 0 spiro atoms. The summed E-state index contributed by atoms with van der Waals surface area (Å²) in [6.07, 6.45) is -3.66. The van der Waals surface area contributed by atoms with Gasteiger partial charge in [-0.1, -0.05) is 18.5 Å². The minimum atomic E-state index is -4.41. The van der Waals surface area contributed by atoms with Gasteiger partial charge in [0, 0.05) is 13.1 Å². The molecule has 2 nitrogen and oxygen atoms in total. The summed E-state index contributed by atoms with van der Waals surface area (Å²) in [5.41, 5.74) is -0.739. The van der Waals surface area contributed by atoms with E-state index in [9.17, 15) is 13.2 Å². The molecule has 1 aromatic heterocycles. The average molecular weight is 267 g/mol. The van der Waals surface area contributed by atoms with Crippen LogP contribution in [0.5, 0.6) is 0 Å². The largest absolute Gasteiger partial charge is 0.419 e. The van der Waals surface area contributed by atoms with Crippen molar-refractivity contribution in [1.29, 1.82) is 0 Å². The molecule has 0 aliphatic carbocycles. The number of rotatable bonds is 4. The molecule has 0 radical (unpaired) electrons. The molecule has 1 aromatic rings. The summed E-state index contributed by atoms with van der Waals surface area (Å²) >= 11 is 5.66. The van der Waals surface area contributed by atoms with Gasteiger partial charge in [-0.05, 0) is 25.5 Å². The third-order valence-electron chi connectivity index (χ3n) is 2.32. The minimum absolute atomic E-state index is 0.0718. The average Bonchev–Trinajstić information content (AvgIpc) is 2.24. The van der Waals surface area contributed by atoms with E-state index in [2.05, 4.69) is 4.98 Å². The van der Waals surface area contributed by atoms with Crippen molar-refractivity contribution in [2.24, 2.45) is 0 Å². The van der Waals surface area contributed by atoms with Crippen LogP contribution in [0.3, 0.4) is 0 Å². The zero-order valence-corrected chi connectivity index (χ0v) is 10.4. The van der Waals surface area contributed by atoms with Crippen LogP contribution in [0.4, 0.5) is 19.0 Å². The van der Waals surface area contributed by atoms with Gasteiger partial charge in [-0.2, -0.15) is 13.2 Å². The Morgan fingerprint density at radius 3 is 2.41 bits per heavy atom. The van der Waals surface area contributed by atoms with E-state index in [0.717, 1.165) is 18.6 Å². The lowest BCUT2D eigenvalue weighted by Crippen LogP contribution is -2.27. The normalized spacial score (nSPS) is 11.6. The molecule has 1 rings (SSSR count). The number of aromatic nitrogens is 1. The van der Waals surface area contributed by atoms with Crippen LogP contribution in [0.25, 0.3) is 0 Å². The van der Waals surface area contributed by atoms with E-state index in [1.165, 1.54) is 0 Å². The lowest BCUT2D eigenvalue weighted by Gasteiger charge is -2.24. The molecule has 0 fully saturated rings. The molecule has 1 heterocycles. The number of alkyl halides is 3.